The molecule has 0 amide bonds. The van der Waals surface area contributed by atoms with E-state index in [2.05, 4.69) is 31.1 Å². The van der Waals surface area contributed by atoms with Gasteiger partial charge in [0.1, 0.15) is 12.4 Å². The van der Waals surface area contributed by atoms with Crippen molar-refractivity contribution in [2.45, 2.75) is 26.2 Å². The van der Waals surface area contributed by atoms with Crippen molar-refractivity contribution >= 4 is 11.3 Å². The average Bonchev–Trinajstić information content (AvgIpc) is 2.86. The Morgan fingerprint density at radius 2 is 1.89 bits per heavy atom. The summed E-state index contributed by atoms with van der Waals surface area (Å²) in [5.41, 5.74) is 2.18. The summed E-state index contributed by atoms with van der Waals surface area (Å²) in [7, 11) is 0. The van der Waals surface area contributed by atoms with Crippen LogP contribution in [0.5, 0.6) is 5.75 Å². The van der Waals surface area contributed by atoms with E-state index in [9.17, 15) is 0 Å². The van der Waals surface area contributed by atoms with E-state index in [1.165, 1.54) is 0 Å². The normalized spacial score (nSPS) is 11.6. The first-order chi connectivity index (χ1) is 9.00. The highest BCUT2D eigenvalue weighted by Crippen LogP contribution is 2.30. The lowest BCUT2D eigenvalue weighted by molar-refractivity contribution is 0.201. The minimum atomic E-state index is 0.0305. The highest BCUT2D eigenvalue weighted by atomic mass is 32.1. The minimum absolute atomic E-state index is 0.0305. The van der Waals surface area contributed by atoms with Crippen molar-refractivity contribution in [3.63, 3.8) is 0 Å². The monoisotopic (exact) mass is 277 g/mol. The molecule has 0 saturated heterocycles. The predicted molar refractivity (Wildman–Crippen MR) is 78.8 cm³/mol. The van der Waals surface area contributed by atoms with Gasteiger partial charge in [0.25, 0.3) is 0 Å². The van der Waals surface area contributed by atoms with E-state index in [1.807, 2.05) is 24.3 Å². The fourth-order valence-corrected chi connectivity index (χ4v) is 2.55. The number of aliphatic hydroxyl groups excluding tert-OH is 1. The van der Waals surface area contributed by atoms with Gasteiger partial charge in [-0.1, -0.05) is 20.8 Å². The second-order valence-electron chi connectivity index (χ2n) is 5.38. The summed E-state index contributed by atoms with van der Waals surface area (Å²) in [4.78, 5) is 4.68. The lowest BCUT2D eigenvalue weighted by Crippen LogP contribution is -2.10. The molecule has 0 aliphatic heterocycles. The van der Waals surface area contributed by atoms with Gasteiger partial charge in [-0.05, 0) is 24.3 Å². The molecule has 1 aromatic carbocycles. The molecule has 2 rings (SSSR count). The molecule has 19 heavy (non-hydrogen) atoms. The fourth-order valence-electron chi connectivity index (χ4n) is 1.64. The lowest BCUT2D eigenvalue weighted by Gasteiger charge is -2.13. The molecule has 0 unspecified atom stereocenters. The number of thiazole rings is 1. The first-order valence-corrected chi connectivity index (χ1v) is 7.19. The lowest BCUT2D eigenvalue weighted by atomic mass is 9.98. The van der Waals surface area contributed by atoms with Crippen molar-refractivity contribution < 1.29 is 9.84 Å². The number of rotatable bonds is 4. The third kappa shape index (κ3) is 3.55. The van der Waals surface area contributed by atoms with Gasteiger partial charge in [-0.3, -0.25) is 0 Å². The number of aliphatic hydroxyl groups is 1. The fraction of sp³-hybridized carbons (Fsp3) is 0.400. The van der Waals surface area contributed by atoms with Crippen LogP contribution in [0.4, 0.5) is 0 Å². The molecule has 0 bridgehead atoms. The molecule has 1 heterocycles. The Morgan fingerprint density at radius 1 is 1.21 bits per heavy atom. The van der Waals surface area contributed by atoms with Crippen LogP contribution in [0.3, 0.4) is 0 Å². The van der Waals surface area contributed by atoms with Crippen LogP contribution in [0.15, 0.2) is 29.6 Å². The topological polar surface area (TPSA) is 42.4 Å². The molecule has 2 aromatic rings. The average molecular weight is 277 g/mol. The first-order valence-electron chi connectivity index (χ1n) is 6.31. The Bertz CT molecular complexity index is 526. The molecule has 0 atom stereocenters. The highest BCUT2D eigenvalue weighted by molar-refractivity contribution is 7.10. The SMILES string of the molecule is CC(C)(C)c1nc(-c2ccc(OCCO)cc2)cs1. The number of benzene rings is 1. The summed E-state index contributed by atoms with van der Waals surface area (Å²) in [5, 5.41) is 11.9. The van der Waals surface area contributed by atoms with E-state index in [0.717, 1.165) is 22.0 Å². The predicted octanol–water partition coefficient (Wildman–Crippen LogP) is 3.48. The summed E-state index contributed by atoms with van der Waals surface area (Å²) in [6.07, 6.45) is 0. The molecule has 4 heteroatoms. The van der Waals surface area contributed by atoms with Gasteiger partial charge < -0.3 is 9.84 Å². The second-order valence-corrected chi connectivity index (χ2v) is 6.24. The van der Waals surface area contributed by atoms with Crippen molar-refractivity contribution in [1.82, 2.24) is 4.98 Å². The zero-order valence-electron chi connectivity index (χ0n) is 11.5. The maximum absolute atomic E-state index is 8.71. The molecule has 0 spiro atoms. The Balaban J connectivity index is 2.16. The van der Waals surface area contributed by atoms with Gasteiger partial charge in [0, 0.05) is 16.4 Å². The second kappa shape index (κ2) is 5.72. The van der Waals surface area contributed by atoms with Crippen molar-refractivity contribution in [2.75, 3.05) is 13.2 Å². The van der Waals surface area contributed by atoms with Gasteiger partial charge >= 0.3 is 0 Å². The maximum atomic E-state index is 8.71. The van der Waals surface area contributed by atoms with Crippen LogP contribution in [0, 0.1) is 0 Å². The van der Waals surface area contributed by atoms with Gasteiger partial charge in [-0.15, -0.1) is 11.3 Å². The Morgan fingerprint density at radius 3 is 2.42 bits per heavy atom. The summed E-state index contributed by atoms with van der Waals surface area (Å²) in [5.74, 6) is 0.768. The van der Waals surface area contributed by atoms with Crippen LogP contribution in [0.25, 0.3) is 11.3 Å². The number of hydrogen-bond donors (Lipinski definition) is 1. The van der Waals surface area contributed by atoms with Gasteiger partial charge in [0.05, 0.1) is 17.3 Å². The maximum Gasteiger partial charge on any atom is 0.119 e. The Hall–Kier alpha value is -1.39. The highest BCUT2D eigenvalue weighted by Gasteiger charge is 2.18. The van der Waals surface area contributed by atoms with E-state index in [4.69, 9.17) is 9.84 Å². The van der Waals surface area contributed by atoms with Crippen LogP contribution in [-0.4, -0.2) is 23.3 Å². The molecule has 102 valence electrons. The number of aromatic nitrogens is 1. The summed E-state index contributed by atoms with van der Waals surface area (Å²) in [6.45, 7) is 6.86. The molecule has 0 radical (unpaired) electrons. The van der Waals surface area contributed by atoms with Crippen LogP contribution in [0.1, 0.15) is 25.8 Å². The molecule has 0 aliphatic rings. The van der Waals surface area contributed by atoms with Crippen molar-refractivity contribution in [2.24, 2.45) is 0 Å². The van der Waals surface area contributed by atoms with E-state index < -0.39 is 0 Å². The number of nitrogens with zero attached hydrogens (tertiary/aromatic N) is 1. The zero-order chi connectivity index (χ0) is 13.9. The molecule has 3 nitrogen and oxygen atoms in total. The molecular formula is C15H19NO2S. The van der Waals surface area contributed by atoms with Crippen LogP contribution < -0.4 is 4.74 Å². The Labute approximate surface area is 117 Å². The summed E-state index contributed by atoms with van der Waals surface area (Å²) in [6, 6.07) is 7.80. The summed E-state index contributed by atoms with van der Waals surface area (Å²) >= 11 is 1.69. The van der Waals surface area contributed by atoms with Gasteiger partial charge in [0.15, 0.2) is 0 Å². The van der Waals surface area contributed by atoms with Gasteiger partial charge in [-0.2, -0.15) is 0 Å². The molecule has 0 aliphatic carbocycles. The van der Waals surface area contributed by atoms with Crippen molar-refractivity contribution in [3.8, 4) is 17.0 Å². The van der Waals surface area contributed by atoms with E-state index in [0.29, 0.717) is 6.61 Å². The number of ether oxygens (including phenoxy) is 1. The third-order valence-electron chi connectivity index (χ3n) is 2.66. The first kappa shape index (κ1) is 14.0. The van der Waals surface area contributed by atoms with E-state index >= 15 is 0 Å². The molecular weight excluding hydrogens is 258 g/mol. The zero-order valence-corrected chi connectivity index (χ0v) is 12.3. The molecule has 1 aromatic heterocycles. The van der Waals surface area contributed by atoms with Crippen molar-refractivity contribution in [1.29, 1.82) is 0 Å². The number of hydrogen-bond acceptors (Lipinski definition) is 4. The Kier molecular flexibility index (Phi) is 4.22. The standard InChI is InChI=1S/C15H19NO2S/c1-15(2,3)14-16-13(10-19-14)11-4-6-12(7-5-11)18-9-8-17/h4-7,10,17H,8-9H2,1-3H3. The van der Waals surface area contributed by atoms with Gasteiger partial charge in [0.2, 0.25) is 0 Å². The minimum Gasteiger partial charge on any atom is -0.491 e. The van der Waals surface area contributed by atoms with Crippen molar-refractivity contribution in [3.05, 3.63) is 34.7 Å². The summed E-state index contributed by atoms with van der Waals surface area (Å²) < 4.78 is 5.34. The van der Waals surface area contributed by atoms with Crippen LogP contribution >= 0.6 is 11.3 Å². The smallest absolute Gasteiger partial charge is 0.119 e. The largest absolute Gasteiger partial charge is 0.491 e. The molecule has 1 N–H and O–H groups in total. The van der Waals surface area contributed by atoms with E-state index in [1.54, 1.807) is 11.3 Å². The van der Waals surface area contributed by atoms with Gasteiger partial charge in [-0.25, -0.2) is 4.98 Å². The van der Waals surface area contributed by atoms with E-state index in [-0.39, 0.29) is 12.0 Å². The van der Waals surface area contributed by atoms with Crippen LogP contribution in [-0.2, 0) is 5.41 Å². The van der Waals surface area contributed by atoms with Crippen LogP contribution in [0.2, 0.25) is 0 Å². The quantitative estimate of drug-likeness (QED) is 0.930. The molecule has 0 fully saturated rings. The molecule has 0 saturated carbocycles. The third-order valence-corrected chi connectivity index (χ3v) is 3.92.